The lowest BCUT2D eigenvalue weighted by Crippen LogP contribution is -2.36. The van der Waals surface area contributed by atoms with Crippen molar-refractivity contribution in [2.75, 3.05) is 26.7 Å². The van der Waals surface area contributed by atoms with Crippen LogP contribution >= 0.6 is 0 Å². The maximum absolute atomic E-state index is 4.21. The highest BCUT2D eigenvalue weighted by Gasteiger charge is 2.19. The number of piperidine rings is 1. The molecule has 1 N–H and O–H groups in total. The van der Waals surface area contributed by atoms with Crippen LogP contribution in [0.5, 0.6) is 0 Å². The first-order chi connectivity index (χ1) is 7.79. The zero-order valence-corrected chi connectivity index (χ0v) is 10.3. The average Bonchev–Trinajstić information content (AvgIpc) is 2.68. The first-order valence-corrected chi connectivity index (χ1v) is 6.13. The zero-order chi connectivity index (χ0) is 11.4. The Hall–Kier alpha value is -0.870. The molecule has 4 nitrogen and oxygen atoms in total. The van der Waals surface area contributed by atoms with Crippen molar-refractivity contribution in [1.82, 2.24) is 20.0 Å². The lowest BCUT2D eigenvalue weighted by molar-refractivity contribution is 0.173. The summed E-state index contributed by atoms with van der Waals surface area (Å²) in [5.74, 6) is 0.868. The number of aryl methyl sites for hydroxylation is 1. The predicted octanol–water partition coefficient (Wildman–Crippen LogP) is 0.851. The number of rotatable bonds is 4. The van der Waals surface area contributed by atoms with E-state index in [0.29, 0.717) is 0 Å². The summed E-state index contributed by atoms with van der Waals surface area (Å²) in [5.41, 5.74) is 1.31. The molecule has 90 valence electrons. The number of likely N-dealkylation sites (tertiary alicyclic amines) is 1. The third kappa shape index (κ3) is 2.83. The second kappa shape index (κ2) is 5.46. The van der Waals surface area contributed by atoms with Gasteiger partial charge in [-0.1, -0.05) is 0 Å². The molecule has 1 aromatic rings. The summed E-state index contributed by atoms with van der Waals surface area (Å²) < 4.78 is 1.97. The summed E-state index contributed by atoms with van der Waals surface area (Å²) in [6, 6.07) is 2.11. The summed E-state index contributed by atoms with van der Waals surface area (Å²) in [7, 11) is 4.06. The number of hydrogen-bond donors (Lipinski definition) is 1. The van der Waals surface area contributed by atoms with Crippen molar-refractivity contribution in [2.45, 2.75) is 19.4 Å². The largest absolute Gasteiger partial charge is 0.319 e. The summed E-state index contributed by atoms with van der Waals surface area (Å²) >= 11 is 0. The van der Waals surface area contributed by atoms with Crippen molar-refractivity contribution in [2.24, 2.45) is 13.0 Å². The van der Waals surface area contributed by atoms with Gasteiger partial charge in [0.05, 0.1) is 5.69 Å². The highest BCUT2D eigenvalue weighted by atomic mass is 15.3. The van der Waals surface area contributed by atoms with Crippen molar-refractivity contribution in [3.05, 3.63) is 18.0 Å². The molecule has 1 aliphatic heterocycles. The van der Waals surface area contributed by atoms with E-state index in [0.717, 1.165) is 12.5 Å². The van der Waals surface area contributed by atoms with Gasteiger partial charge in [-0.15, -0.1) is 0 Å². The normalized spacial score (nSPS) is 19.1. The van der Waals surface area contributed by atoms with Crippen LogP contribution in [0.25, 0.3) is 0 Å². The summed E-state index contributed by atoms with van der Waals surface area (Å²) in [6.45, 7) is 4.65. The lowest BCUT2D eigenvalue weighted by atomic mass is 9.97. The Morgan fingerprint density at radius 3 is 2.75 bits per heavy atom. The van der Waals surface area contributed by atoms with Crippen LogP contribution in [0.15, 0.2) is 12.3 Å². The molecule has 0 saturated carbocycles. The van der Waals surface area contributed by atoms with E-state index in [4.69, 9.17) is 0 Å². The monoisotopic (exact) mass is 222 g/mol. The van der Waals surface area contributed by atoms with Crippen LogP contribution in [0.3, 0.4) is 0 Å². The molecule has 1 aliphatic rings. The Bertz CT molecular complexity index is 313. The van der Waals surface area contributed by atoms with E-state index in [9.17, 15) is 0 Å². The molecule has 4 heteroatoms. The standard InChI is InChI=1S/C12H22N4/c1-13-9-11-4-7-16(8-5-11)10-12-3-6-14-15(12)2/h3,6,11,13H,4-5,7-10H2,1-2H3. The van der Waals surface area contributed by atoms with Crippen LogP contribution < -0.4 is 5.32 Å². The second-order valence-corrected chi connectivity index (χ2v) is 4.72. The van der Waals surface area contributed by atoms with Gasteiger partial charge in [0.2, 0.25) is 0 Å². The van der Waals surface area contributed by atoms with Gasteiger partial charge in [0.15, 0.2) is 0 Å². The third-order valence-electron chi connectivity index (χ3n) is 3.51. The van der Waals surface area contributed by atoms with Gasteiger partial charge >= 0.3 is 0 Å². The molecule has 0 aromatic carbocycles. The number of nitrogens with one attached hydrogen (secondary N) is 1. The number of nitrogens with zero attached hydrogens (tertiary/aromatic N) is 3. The Balaban J connectivity index is 1.79. The van der Waals surface area contributed by atoms with Crippen molar-refractivity contribution in [1.29, 1.82) is 0 Å². The minimum absolute atomic E-state index is 0.868. The van der Waals surface area contributed by atoms with Crippen LogP contribution in [0.1, 0.15) is 18.5 Å². The Labute approximate surface area is 97.6 Å². The van der Waals surface area contributed by atoms with E-state index in [-0.39, 0.29) is 0 Å². The van der Waals surface area contributed by atoms with Crippen molar-refractivity contribution < 1.29 is 0 Å². The van der Waals surface area contributed by atoms with E-state index in [2.05, 4.69) is 21.4 Å². The minimum atomic E-state index is 0.868. The molecule has 1 saturated heterocycles. The molecule has 2 rings (SSSR count). The first-order valence-electron chi connectivity index (χ1n) is 6.13. The van der Waals surface area contributed by atoms with Crippen LogP contribution in [-0.4, -0.2) is 41.4 Å². The van der Waals surface area contributed by atoms with Gasteiger partial charge in [0, 0.05) is 19.8 Å². The molecule has 0 radical (unpaired) electrons. The smallest absolute Gasteiger partial charge is 0.0521 e. The quantitative estimate of drug-likeness (QED) is 0.820. The molecule has 0 atom stereocenters. The molecule has 0 aliphatic carbocycles. The van der Waals surface area contributed by atoms with Crippen LogP contribution in [0, 0.1) is 5.92 Å². The lowest BCUT2D eigenvalue weighted by Gasteiger charge is -2.31. The Morgan fingerprint density at radius 2 is 2.19 bits per heavy atom. The van der Waals surface area contributed by atoms with Gasteiger partial charge in [-0.2, -0.15) is 5.10 Å². The highest BCUT2D eigenvalue weighted by Crippen LogP contribution is 2.17. The molecule has 16 heavy (non-hydrogen) atoms. The van der Waals surface area contributed by atoms with Gasteiger partial charge in [0.25, 0.3) is 0 Å². The molecule has 0 bridgehead atoms. The first kappa shape index (κ1) is 11.6. The Kier molecular flexibility index (Phi) is 3.96. The van der Waals surface area contributed by atoms with E-state index >= 15 is 0 Å². The molecule has 1 fully saturated rings. The predicted molar refractivity (Wildman–Crippen MR) is 65.1 cm³/mol. The van der Waals surface area contributed by atoms with Crippen LogP contribution in [0.2, 0.25) is 0 Å². The van der Waals surface area contributed by atoms with Gasteiger partial charge in [-0.05, 0) is 51.5 Å². The van der Waals surface area contributed by atoms with E-state index < -0.39 is 0 Å². The van der Waals surface area contributed by atoms with Gasteiger partial charge in [-0.3, -0.25) is 9.58 Å². The molecule has 0 spiro atoms. The maximum Gasteiger partial charge on any atom is 0.0521 e. The van der Waals surface area contributed by atoms with Crippen molar-refractivity contribution in [3.63, 3.8) is 0 Å². The minimum Gasteiger partial charge on any atom is -0.319 e. The fraction of sp³-hybridized carbons (Fsp3) is 0.750. The molecular weight excluding hydrogens is 200 g/mol. The van der Waals surface area contributed by atoms with Crippen molar-refractivity contribution in [3.8, 4) is 0 Å². The molecule has 0 unspecified atom stereocenters. The SMILES string of the molecule is CNCC1CCN(Cc2ccnn2C)CC1. The average molecular weight is 222 g/mol. The molecule has 1 aromatic heterocycles. The Morgan fingerprint density at radius 1 is 1.44 bits per heavy atom. The van der Waals surface area contributed by atoms with E-state index in [1.54, 1.807) is 0 Å². The zero-order valence-electron chi connectivity index (χ0n) is 10.3. The second-order valence-electron chi connectivity index (χ2n) is 4.72. The summed E-state index contributed by atoms with van der Waals surface area (Å²) in [5, 5.41) is 7.48. The van der Waals surface area contributed by atoms with Crippen LogP contribution in [0.4, 0.5) is 0 Å². The summed E-state index contributed by atoms with van der Waals surface area (Å²) in [4.78, 5) is 2.53. The van der Waals surface area contributed by atoms with Crippen LogP contribution in [-0.2, 0) is 13.6 Å². The number of hydrogen-bond acceptors (Lipinski definition) is 3. The number of aromatic nitrogens is 2. The van der Waals surface area contributed by atoms with Gasteiger partial charge in [0.1, 0.15) is 0 Å². The molecular formula is C12H22N4. The third-order valence-corrected chi connectivity index (χ3v) is 3.51. The van der Waals surface area contributed by atoms with E-state index in [1.807, 2.05) is 25.0 Å². The summed E-state index contributed by atoms with van der Waals surface area (Å²) in [6.07, 6.45) is 4.51. The van der Waals surface area contributed by atoms with E-state index in [1.165, 1.54) is 38.2 Å². The maximum atomic E-state index is 4.21. The fourth-order valence-electron chi connectivity index (χ4n) is 2.42. The van der Waals surface area contributed by atoms with Gasteiger partial charge in [-0.25, -0.2) is 0 Å². The van der Waals surface area contributed by atoms with Gasteiger partial charge < -0.3 is 5.32 Å². The van der Waals surface area contributed by atoms with Crippen molar-refractivity contribution >= 4 is 0 Å². The molecule has 0 amide bonds. The topological polar surface area (TPSA) is 33.1 Å². The fourth-order valence-corrected chi connectivity index (χ4v) is 2.42. The molecule has 2 heterocycles. The highest BCUT2D eigenvalue weighted by molar-refractivity contribution is 4.99.